The van der Waals surface area contributed by atoms with Crippen LogP contribution in [0.4, 0.5) is 5.69 Å². The van der Waals surface area contributed by atoms with Gasteiger partial charge < -0.3 is 14.8 Å². The Morgan fingerprint density at radius 2 is 1.69 bits per heavy atom. The number of carbonyl (C=O) groups excluding carboxylic acids is 1. The molecule has 0 fully saturated rings. The minimum atomic E-state index is -4.12. The van der Waals surface area contributed by atoms with E-state index in [1.165, 1.54) is 20.3 Å². The van der Waals surface area contributed by atoms with Crippen molar-refractivity contribution in [2.45, 2.75) is 18.4 Å². The highest BCUT2D eigenvalue weighted by atomic mass is 32.2. The van der Waals surface area contributed by atoms with Gasteiger partial charge in [-0.3, -0.25) is 14.1 Å². The van der Waals surface area contributed by atoms with E-state index in [0.717, 1.165) is 15.4 Å². The number of aryl methyl sites for hydroxylation is 1. The van der Waals surface area contributed by atoms with Crippen molar-refractivity contribution in [2.75, 3.05) is 25.1 Å². The van der Waals surface area contributed by atoms with Crippen LogP contribution in [0.1, 0.15) is 11.1 Å². The molecule has 8 nitrogen and oxygen atoms in total. The largest absolute Gasteiger partial charge is 0.497 e. The Kier molecular flexibility index (Phi) is 7.32. The molecule has 1 N–H and O–H groups in total. The Morgan fingerprint density at radius 3 is 2.31 bits per heavy atom. The molecule has 0 saturated carbocycles. The van der Waals surface area contributed by atoms with Crippen LogP contribution in [-0.2, 0) is 21.4 Å². The maximum Gasteiger partial charge on any atom is 0.268 e. The van der Waals surface area contributed by atoms with E-state index in [9.17, 15) is 13.2 Å². The van der Waals surface area contributed by atoms with Crippen molar-refractivity contribution < 1.29 is 22.7 Å². The van der Waals surface area contributed by atoms with Gasteiger partial charge in [-0.25, -0.2) is 8.42 Å². The first-order valence-electron chi connectivity index (χ1n) is 9.82. The van der Waals surface area contributed by atoms with Crippen LogP contribution in [0.3, 0.4) is 0 Å². The molecular weight excluding hydrogens is 430 g/mol. The van der Waals surface area contributed by atoms with E-state index in [-0.39, 0.29) is 17.2 Å². The topological polar surface area (TPSA) is 97.8 Å². The molecule has 168 valence electrons. The van der Waals surface area contributed by atoms with E-state index in [0.29, 0.717) is 11.4 Å². The van der Waals surface area contributed by atoms with Crippen LogP contribution in [0.2, 0.25) is 0 Å². The van der Waals surface area contributed by atoms with Gasteiger partial charge in [0, 0.05) is 18.9 Å². The highest BCUT2D eigenvalue weighted by molar-refractivity contribution is 7.93. The molecule has 0 aliphatic heterocycles. The molecule has 1 heterocycles. The number of hydrogen-bond donors (Lipinski definition) is 1. The second-order valence-electron chi connectivity index (χ2n) is 7.00. The Bertz CT molecular complexity index is 1170. The van der Waals surface area contributed by atoms with Gasteiger partial charge in [0.05, 0.1) is 19.9 Å². The van der Waals surface area contributed by atoms with E-state index in [4.69, 9.17) is 9.47 Å². The summed E-state index contributed by atoms with van der Waals surface area (Å²) < 4.78 is 38.8. The summed E-state index contributed by atoms with van der Waals surface area (Å²) in [6, 6.07) is 14.9. The number of aromatic nitrogens is 1. The fourth-order valence-electron chi connectivity index (χ4n) is 3.06. The van der Waals surface area contributed by atoms with Crippen molar-refractivity contribution in [1.82, 2.24) is 10.3 Å². The Morgan fingerprint density at radius 1 is 1.00 bits per heavy atom. The summed E-state index contributed by atoms with van der Waals surface area (Å²) >= 11 is 0. The SMILES string of the molecule is COc1ccc(N(CC(=O)NCc2ccncc2)S(=O)(=O)c2cc(C)ccc2OC)cc1. The van der Waals surface area contributed by atoms with Gasteiger partial charge in [-0.1, -0.05) is 6.07 Å². The maximum absolute atomic E-state index is 13.7. The molecule has 0 atom stereocenters. The van der Waals surface area contributed by atoms with Crippen molar-refractivity contribution >= 4 is 21.6 Å². The summed E-state index contributed by atoms with van der Waals surface area (Å²) in [4.78, 5) is 16.7. The van der Waals surface area contributed by atoms with Crippen molar-refractivity contribution in [1.29, 1.82) is 0 Å². The number of ether oxygens (including phenoxy) is 2. The average molecular weight is 456 g/mol. The number of hydrogen-bond acceptors (Lipinski definition) is 6. The number of benzene rings is 2. The summed E-state index contributed by atoms with van der Waals surface area (Å²) in [6.07, 6.45) is 3.25. The van der Waals surface area contributed by atoms with Gasteiger partial charge in [0.2, 0.25) is 5.91 Å². The molecule has 3 rings (SSSR count). The quantitative estimate of drug-likeness (QED) is 0.533. The third-order valence-corrected chi connectivity index (χ3v) is 6.57. The lowest BCUT2D eigenvalue weighted by molar-refractivity contribution is -0.119. The highest BCUT2D eigenvalue weighted by Crippen LogP contribution is 2.31. The molecule has 0 unspecified atom stereocenters. The van der Waals surface area contributed by atoms with Crippen molar-refractivity contribution in [3.63, 3.8) is 0 Å². The third-order valence-electron chi connectivity index (χ3n) is 4.77. The predicted molar refractivity (Wildman–Crippen MR) is 121 cm³/mol. The first-order valence-corrected chi connectivity index (χ1v) is 11.3. The van der Waals surface area contributed by atoms with Crippen molar-refractivity contribution in [3.8, 4) is 11.5 Å². The lowest BCUT2D eigenvalue weighted by atomic mass is 10.2. The highest BCUT2D eigenvalue weighted by Gasteiger charge is 2.30. The minimum absolute atomic E-state index is 0.0160. The van der Waals surface area contributed by atoms with Crippen LogP contribution in [-0.4, -0.2) is 40.1 Å². The molecule has 0 bridgehead atoms. The number of anilines is 1. The van der Waals surface area contributed by atoms with Crippen molar-refractivity contribution in [3.05, 3.63) is 78.1 Å². The van der Waals surface area contributed by atoms with Gasteiger partial charge >= 0.3 is 0 Å². The van der Waals surface area contributed by atoms with E-state index < -0.39 is 22.5 Å². The molecule has 1 amide bonds. The second kappa shape index (κ2) is 10.1. The fourth-order valence-corrected chi connectivity index (χ4v) is 4.72. The van der Waals surface area contributed by atoms with Crippen LogP contribution >= 0.6 is 0 Å². The van der Waals surface area contributed by atoms with Crippen LogP contribution in [0.5, 0.6) is 11.5 Å². The summed E-state index contributed by atoms with van der Waals surface area (Å²) in [5, 5.41) is 2.76. The fraction of sp³-hybridized carbons (Fsp3) is 0.217. The van der Waals surface area contributed by atoms with Gasteiger partial charge in [0.25, 0.3) is 10.0 Å². The monoisotopic (exact) mass is 455 g/mol. The molecule has 0 aliphatic carbocycles. The van der Waals surface area contributed by atoms with E-state index in [1.54, 1.807) is 67.8 Å². The number of methoxy groups -OCH3 is 2. The van der Waals surface area contributed by atoms with Gasteiger partial charge in [0.15, 0.2) is 0 Å². The van der Waals surface area contributed by atoms with E-state index in [2.05, 4.69) is 10.3 Å². The van der Waals surface area contributed by atoms with E-state index >= 15 is 0 Å². The molecule has 32 heavy (non-hydrogen) atoms. The van der Waals surface area contributed by atoms with Crippen LogP contribution < -0.4 is 19.1 Å². The Hall–Kier alpha value is -3.59. The number of pyridine rings is 1. The lowest BCUT2D eigenvalue weighted by Gasteiger charge is -2.25. The number of nitrogens with one attached hydrogen (secondary N) is 1. The maximum atomic E-state index is 13.7. The number of amides is 1. The van der Waals surface area contributed by atoms with Gasteiger partial charge in [-0.05, 0) is 66.6 Å². The summed E-state index contributed by atoms with van der Waals surface area (Å²) in [6.45, 7) is 1.64. The molecular formula is C23H25N3O5S. The van der Waals surface area contributed by atoms with E-state index in [1.807, 2.05) is 0 Å². The Balaban J connectivity index is 1.95. The van der Waals surface area contributed by atoms with Gasteiger partial charge in [0.1, 0.15) is 22.9 Å². The molecule has 0 aliphatic rings. The average Bonchev–Trinajstić information content (AvgIpc) is 2.82. The molecule has 9 heteroatoms. The molecule has 1 aromatic heterocycles. The zero-order valence-electron chi connectivity index (χ0n) is 18.1. The predicted octanol–water partition coefficient (Wildman–Crippen LogP) is 2.92. The summed E-state index contributed by atoms with van der Waals surface area (Å²) in [5.74, 6) is 0.320. The zero-order valence-corrected chi connectivity index (χ0v) is 18.9. The van der Waals surface area contributed by atoms with Crippen molar-refractivity contribution in [2.24, 2.45) is 0 Å². The Labute approximate surface area is 187 Å². The van der Waals surface area contributed by atoms with Crippen LogP contribution in [0.15, 0.2) is 71.9 Å². The first-order chi connectivity index (χ1) is 15.3. The molecule has 0 radical (unpaired) electrons. The van der Waals surface area contributed by atoms with Gasteiger partial charge in [-0.2, -0.15) is 0 Å². The minimum Gasteiger partial charge on any atom is -0.497 e. The standard InChI is InChI=1S/C23H25N3O5S/c1-17-4-9-21(31-3)22(14-17)32(28,29)26(19-5-7-20(30-2)8-6-19)16-23(27)25-15-18-10-12-24-13-11-18/h4-14H,15-16H2,1-3H3,(H,25,27). The first kappa shape index (κ1) is 23.1. The van der Waals surface area contributed by atoms with Crippen LogP contribution in [0.25, 0.3) is 0 Å². The third kappa shape index (κ3) is 5.36. The smallest absolute Gasteiger partial charge is 0.268 e. The van der Waals surface area contributed by atoms with Crippen LogP contribution in [0, 0.1) is 6.92 Å². The number of rotatable bonds is 9. The number of carbonyl (C=O) groups is 1. The molecule has 0 saturated heterocycles. The number of sulfonamides is 1. The lowest BCUT2D eigenvalue weighted by Crippen LogP contribution is -2.40. The normalized spacial score (nSPS) is 11.0. The zero-order chi connectivity index (χ0) is 23.1. The number of nitrogens with zero attached hydrogens (tertiary/aromatic N) is 2. The molecule has 0 spiro atoms. The second-order valence-corrected chi connectivity index (χ2v) is 8.83. The molecule has 3 aromatic rings. The van der Waals surface area contributed by atoms with Gasteiger partial charge in [-0.15, -0.1) is 0 Å². The summed E-state index contributed by atoms with van der Waals surface area (Å²) in [7, 11) is -1.19. The summed E-state index contributed by atoms with van der Waals surface area (Å²) in [5.41, 5.74) is 1.93. The molecule has 2 aromatic carbocycles.